The fourth-order valence-electron chi connectivity index (χ4n) is 2.15. The summed E-state index contributed by atoms with van der Waals surface area (Å²) in [6, 6.07) is 9.26. The third kappa shape index (κ3) is 2.91. The normalized spacial score (nSPS) is 15.9. The molecule has 0 radical (unpaired) electrons. The molecule has 0 saturated carbocycles. The molecule has 0 spiro atoms. The number of hydrogen-bond donors (Lipinski definition) is 1. The van der Waals surface area contributed by atoms with Gasteiger partial charge in [0.25, 0.3) is 10.0 Å². The number of anilines is 1. The molecule has 0 aromatic heterocycles. The minimum absolute atomic E-state index is 0.00695. The smallest absolute Gasteiger partial charge is 0.339 e. The van der Waals surface area contributed by atoms with Gasteiger partial charge < -0.3 is 5.32 Å². The van der Waals surface area contributed by atoms with Crippen molar-refractivity contribution >= 4 is 33.1 Å². The van der Waals surface area contributed by atoms with Crippen molar-refractivity contribution in [3.8, 4) is 0 Å². The van der Waals surface area contributed by atoms with E-state index >= 15 is 0 Å². The van der Waals surface area contributed by atoms with Crippen molar-refractivity contribution in [2.24, 2.45) is 4.40 Å². The number of benzene rings is 2. The largest absolute Gasteiger partial charge is 0.417 e. The van der Waals surface area contributed by atoms with Gasteiger partial charge in [0.2, 0.25) is 0 Å². The van der Waals surface area contributed by atoms with E-state index < -0.39 is 26.8 Å². The van der Waals surface area contributed by atoms with E-state index in [0.29, 0.717) is 5.56 Å². The summed E-state index contributed by atoms with van der Waals surface area (Å²) in [6.07, 6.45) is -4.61. The van der Waals surface area contributed by atoms with Crippen LogP contribution in [0.2, 0.25) is 5.02 Å². The highest BCUT2D eigenvalue weighted by molar-refractivity contribution is 7.90. The Morgan fingerprint density at radius 2 is 1.78 bits per heavy atom. The summed E-state index contributed by atoms with van der Waals surface area (Å²) in [6.45, 7) is 0. The molecule has 9 heteroatoms. The maximum absolute atomic E-state index is 12.9. The molecule has 1 heterocycles. The van der Waals surface area contributed by atoms with Gasteiger partial charge in [0.1, 0.15) is 4.90 Å². The van der Waals surface area contributed by atoms with Crippen molar-refractivity contribution in [3.05, 3.63) is 58.6 Å². The lowest BCUT2D eigenvalue weighted by atomic mass is 10.1. The molecule has 0 atom stereocenters. The molecule has 4 nitrogen and oxygen atoms in total. The van der Waals surface area contributed by atoms with Crippen molar-refractivity contribution in [1.29, 1.82) is 0 Å². The van der Waals surface area contributed by atoms with Gasteiger partial charge >= 0.3 is 6.18 Å². The quantitative estimate of drug-likeness (QED) is 0.838. The molecule has 0 aliphatic carbocycles. The zero-order chi connectivity index (χ0) is 16.8. The average molecular weight is 361 g/mol. The highest BCUT2D eigenvalue weighted by atomic mass is 35.5. The van der Waals surface area contributed by atoms with E-state index in [0.717, 1.165) is 12.1 Å². The molecule has 0 bridgehead atoms. The number of fused-ring (bicyclic) bond motifs is 1. The van der Waals surface area contributed by atoms with E-state index in [-0.39, 0.29) is 16.4 Å². The van der Waals surface area contributed by atoms with Crippen LogP contribution in [-0.4, -0.2) is 14.3 Å². The highest BCUT2D eigenvalue weighted by Gasteiger charge is 2.34. The van der Waals surface area contributed by atoms with E-state index in [9.17, 15) is 21.6 Å². The molecule has 1 aliphatic rings. The fraction of sp³-hybridized carbons (Fsp3) is 0.0714. The maximum atomic E-state index is 12.9. The van der Waals surface area contributed by atoms with Gasteiger partial charge in [0, 0.05) is 11.3 Å². The number of alkyl halides is 3. The lowest BCUT2D eigenvalue weighted by molar-refractivity contribution is -0.137. The Kier molecular flexibility index (Phi) is 3.61. The number of sulfonamides is 1. The third-order valence-electron chi connectivity index (χ3n) is 3.17. The van der Waals surface area contributed by atoms with Crippen molar-refractivity contribution in [1.82, 2.24) is 0 Å². The van der Waals surface area contributed by atoms with Crippen LogP contribution in [0.5, 0.6) is 0 Å². The minimum Gasteiger partial charge on any atom is -0.339 e. The topological polar surface area (TPSA) is 58.5 Å². The molecular formula is C14H8ClF3N2O2S. The highest BCUT2D eigenvalue weighted by Crippen LogP contribution is 2.36. The van der Waals surface area contributed by atoms with Gasteiger partial charge in [-0.05, 0) is 30.3 Å². The number of hydrogen-bond acceptors (Lipinski definition) is 3. The molecule has 120 valence electrons. The molecular weight excluding hydrogens is 353 g/mol. The van der Waals surface area contributed by atoms with E-state index in [4.69, 9.17) is 11.6 Å². The second-order valence-electron chi connectivity index (χ2n) is 4.73. The van der Waals surface area contributed by atoms with Crippen molar-refractivity contribution in [3.63, 3.8) is 0 Å². The minimum atomic E-state index is -4.61. The summed E-state index contributed by atoms with van der Waals surface area (Å²) in [7, 11) is -3.84. The van der Waals surface area contributed by atoms with E-state index in [2.05, 4.69) is 9.71 Å². The zero-order valence-corrected chi connectivity index (χ0v) is 12.8. The monoisotopic (exact) mass is 360 g/mol. The Bertz CT molecular complexity index is 924. The summed E-state index contributed by atoms with van der Waals surface area (Å²) in [5.41, 5.74) is -0.678. The van der Waals surface area contributed by atoms with Gasteiger partial charge in [-0.1, -0.05) is 23.7 Å². The van der Waals surface area contributed by atoms with Gasteiger partial charge in [-0.2, -0.15) is 21.6 Å². The number of nitrogens with zero attached hydrogens (tertiary/aromatic N) is 1. The molecule has 1 aliphatic heterocycles. The first kappa shape index (κ1) is 15.8. The molecule has 23 heavy (non-hydrogen) atoms. The molecule has 2 aromatic carbocycles. The predicted octanol–water partition coefficient (Wildman–Crippen LogP) is 3.92. The summed E-state index contributed by atoms with van der Waals surface area (Å²) in [5.74, 6) is -0.0314. The maximum Gasteiger partial charge on any atom is 0.417 e. The second-order valence-corrected chi connectivity index (χ2v) is 6.71. The first-order valence-corrected chi connectivity index (χ1v) is 8.08. The number of nitrogens with one attached hydrogen (secondary N) is 1. The summed E-state index contributed by atoms with van der Waals surface area (Å²) < 4.78 is 66.0. The first-order chi connectivity index (χ1) is 10.7. The van der Waals surface area contributed by atoms with Gasteiger partial charge in [-0.15, -0.1) is 4.40 Å². The Balaban J connectivity index is 2.02. The van der Waals surface area contributed by atoms with Crippen LogP contribution >= 0.6 is 11.6 Å². The van der Waals surface area contributed by atoms with E-state index in [1.54, 1.807) is 12.1 Å². The van der Waals surface area contributed by atoms with E-state index in [1.165, 1.54) is 18.2 Å². The molecule has 0 unspecified atom stereocenters. The zero-order valence-electron chi connectivity index (χ0n) is 11.2. The SMILES string of the molecule is O=S1(=O)N=C(Nc2ccc(Cl)c(C(F)(F)F)c2)c2ccccc21. The molecule has 0 saturated heterocycles. The van der Waals surface area contributed by atoms with Crippen LogP contribution in [0.1, 0.15) is 11.1 Å². The Morgan fingerprint density at radius 3 is 2.48 bits per heavy atom. The summed E-state index contributed by atoms with van der Waals surface area (Å²) in [5, 5.41) is 2.16. The second kappa shape index (κ2) is 5.24. The van der Waals surface area contributed by atoms with Crippen LogP contribution in [0.25, 0.3) is 0 Å². The van der Waals surface area contributed by atoms with Crippen LogP contribution in [-0.2, 0) is 16.2 Å². The molecule has 0 fully saturated rings. The average Bonchev–Trinajstić information content (AvgIpc) is 2.72. The molecule has 3 rings (SSSR count). The van der Waals surface area contributed by atoms with Gasteiger partial charge in [-0.25, -0.2) is 0 Å². The molecule has 1 N–H and O–H groups in total. The lowest BCUT2D eigenvalue weighted by Crippen LogP contribution is -2.13. The van der Waals surface area contributed by atoms with Crippen molar-refractivity contribution in [2.75, 3.05) is 5.32 Å². The van der Waals surface area contributed by atoms with Gasteiger partial charge in [0.05, 0.1) is 10.6 Å². The van der Waals surface area contributed by atoms with E-state index in [1.807, 2.05) is 0 Å². The fourth-order valence-corrected chi connectivity index (χ4v) is 3.55. The van der Waals surface area contributed by atoms with Crippen LogP contribution in [0.15, 0.2) is 51.8 Å². The molecule has 0 amide bonds. The van der Waals surface area contributed by atoms with Crippen LogP contribution in [0.3, 0.4) is 0 Å². The van der Waals surface area contributed by atoms with Crippen molar-refractivity contribution < 1.29 is 21.6 Å². The summed E-state index contributed by atoms with van der Waals surface area (Å²) >= 11 is 5.55. The molecule has 2 aromatic rings. The Labute approximate surface area is 134 Å². The Hall–Kier alpha value is -2.06. The number of halogens is 4. The standard InChI is InChI=1S/C14H8ClF3N2O2S/c15-11-6-5-8(7-10(11)14(16,17)18)19-13-9-3-1-2-4-12(9)23(21,22)20-13/h1-7H,(H,19,20). The number of amidine groups is 1. The van der Waals surface area contributed by atoms with Gasteiger partial charge in [0.15, 0.2) is 5.84 Å². The van der Waals surface area contributed by atoms with Gasteiger partial charge in [-0.3, -0.25) is 0 Å². The van der Waals surface area contributed by atoms with Crippen LogP contribution in [0, 0.1) is 0 Å². The predicted molar refractivity (Wildman–Crippen MR) is 80.2 cm³/mol. The van der Waals surface area contributed by atoms with Crippen LogP contribution in [0.4, 0.5) is 18.9 Å². The third-order valence-corrected chi connectivity index (χ3v) is 4.83. The first-order valence-electron chi connectivity index (χ1n) is 6.26. The number of rotatable bonds is 1. The summed E-state index contributed by atoms with van der Waals surface area (Å²) in [4.78, 5) is 0.00695. The van der Waals surface area contributed by atoms with Crippen molar-refractivity contribution in [2.45, 2.75) is 11.1 Å². The Morgan fingerprint density at radius 1 is 1.09 bits per heavy atom. The lowest BCUT2D eigenvalue weighted by Gasteiger charge is -2.12. The van der Waals surface area contributed by atoms with Crippen LogP contribution < -0.4 is 5.32 Å².